The van der Waals surface area contributed by atoms with Crippen molar-refractivity contribution < 1.29 is 9.72 Å². The molecule has 0 spiro atoms. The van der Waals surface area contributed by atoms with Crippen molar-refractivity contribution in [2.24, 2.45) is 0 Å². The van der Waals surface area contributed by atoms with Crippen LogP contribution < -0.4 is 5.32 Å². The maximum atomic E-state index is 12.6. The van der Waals surface area contributed by atoms with Gasteiger partial charge in [0.15, 0.2) is 5.82 Å². The summed E-state index contributed by atoms with van der Waals surface area (Å²) < 4.78 is 2.86. The molecule has 0 unspecified atom stereocenters. The smallest absolute Gasteiger partial charge is 0.269 e. The molecule has 0 aliphatic carbocycles. The fraction of sp³-hybridized carbons (Fsp3) is 0.200. The maximum Gasteiger partial charge on any atom is 0.269 e. The fourth-order valence-corrected chi connectivity index (χ4v) is 3.11. The van der Waals surface area contributed by atoms with Crippen molar-refractivity contribution >= 4 is 17.4 Å². The second kappa shape index (κ2) is 8.34. The zero-order valence-electron chi connectivity index (χ0n) is 17.6. The summed E-state index contributed by atoms with van der Waals surface area (Å²) in [7, 11) is 0. The van der Waals surface area contributed by atoms with E-state index < -0.39 is 4.92 Å². The van der Waals surface area contributed by atoms with Gasteiger partial charge in [-0.15, -0.1) is 0 Å². The van der Waals surface area contributed by atoms with E-state index in [-0.39, 0.29) is 18.1 Å². The molecule has 12 nitrogen and oxygen atoms in total. The van der Waals surface area contributed by atoms with Crippen molar-refractivity contribution in [2.75, 3.05) is 5.32 Å². The number of nitrogens with one attached hydrogen (secondary N) is 1. The van der Waals surface area contributed by atoms with Crippen molar-refractivity contribution in [1.29, 1.82) is 0 Å². The van der Waals surface area contributed by atoms with Gasteiger partial charge in [-0.25, -0.2) is 19.6 Å². The first-order valence-electron chi connectivity index (χ1n) is 9.62. The minimum absolute atomic E-state index is 0.0211. The van der Waals surface area contributed by atoms with E-state index in [1.165, 1.54) is 27.8 Å². The topological polar surface area (TPSA) is 147 Å². The Morgan fingerprint density at radius 3 is 2.38 bits per heavy atom. The number of amides is 1. The summed E-state index contributed by atoms with van der Waals surface area (Å²) in [5.74, 6) is 0.827. The van der Waals surface area contributed by atoms with Crippen LogP contribution >= 0.6 is 0 Å². The largest absolute Gasteiger partial charge is 0.309 e. The van der Waals surface area contributed by atoms with E-state index in [0.29, 0.717) is 28.8 Å². The molecule has 1 N–H and O–H groups in total. The number of non-ortho nitro benzene ring substituents is 1. The molecule has 3 aromatic heterocycles. The summed E-state index contributed by atoms with van der Waals surface area (Å²) in [4.78, 5) is 35.9. The van der Waals surface area contributed by atoms with Gasteiger partial charge in [-0.3, -0.25) is 14.9 Å². The van der Waals surface area contributed by atoms with Crippen LogP contribution in [-0.4, -0.2) is 45.3 Å². The summed E-state index contributed by atoms with van der Waals surface area (Å²) in [6.45, 7) is 5.45. The van der Waals surface area contributed by atoms with Crippen molar-refractivity contribution in [3.63, 3.8) is 0 Å². The monoisotopic (exact) mass is 433 g/mol. The van der Waals surface area contributed by atoms with Crippen LogP contribution in [0.5, 0.6) is 0 Å². The highest BCUT2D eigenvalue weighted by Gasteiger charge is 2.15. The molecule has 1 amide bonds. The van der Waals surface area contributed by atoms with E-state index in [4.69, 9.17) is 0 Å². The van der Waals surface area contributed by atoms with E-state index in [1.54, 1.807) is 18.2 Å². The molecule has 0 aliphatic heterocycles. The Bertz CT molecular complexity index is 1290. The summed E-state index contributed by atoms with van der Waals surface area (Å²) in [5.41, 5.74) is 2.87. The normalized spacial score (nSPS) is 10.8. The van der Waals surface area contributed by atoms with E-state index in [0.717, 1.165) is 11.4 Å². The molecule has 0 fully saturated rings. The number of nitrogens with zero attached hydrogens (tertiary/aromatic N) is 8. The van der Waals surface area contributed by atoms with Crippen molar-refractivity contribution in [2.45, 2.75) is 27.3 Å². The van der Waals surface area contributed by atoms with Crippen molar-refractivity contribution in [3.8, 4) is 17.3 Å². The average Bonchev–Trinajstić information content (AvgIpc) is 3.33. The molecule has 162 valence electrons. The van der Waals surface area contributed by atoms with Gasteiger partial charge in [0.05, 0.1) is 10.6 Å². The fourth-order valence-electron chi connectivity index (χ4n) is 3.11. The van der Waals surface area contributed by atoms with Crippen LogP contribution in [-0.2, 0) is 11.3 Å². The second-order valence-corrected chi connectivity index (χ2v) is 7.15. The minimum atomic E-state index is -0.477. The lowest BCUT2D eigenvalue weighted by molar-refractivity contribution is -0.384. The zero-order valence-corrected chi connectivity index (χ0v) is 17.6. The predicted molar refractivity (Wildman–Crippen MR) is 114 cm³/mol. The molecule has 0 saturated heterocycles. The first-order valence-corrected chi connectivity index (χ1v) is 9.62. The lowest BCUT2D eigenvalue weighted by atomic mass is 10.2. The highest BCUT2D eigenvalue weighted by Crippen LogP contribution is 2.19. The zero-order chi connectivity index (χ0) is 22.8. The van der Waals surface area contributed by atoms with Crippen LogP contribution in [0, 0.1) is 30.9 Å². The van der Waals surface area contributed by atoms with Crippen molar-refractivity contribution in [3.05, 3.63) is 69.9 Å². The minimum Gasteiger partial charge on any atom is -0.309 e. The summed E-state index contributed by atoms with van der Waals surface area (Å²) in [5, 5.41) is 22.2. The van der Waals surface area contributed by atoms with Crippen LogP contribution in [0.4, 0.5) is 11.5 Å². The van der Waals surface area contributed by atoms with Crippen LogP contribution in [0.15, 0.2) is 42.7 Å². The van der Waals surface area contributed by atoms with E-state index in [9.17, 15) is 14.9 Å². The number of hydrogen-bond acceptors (Lipinski definition) is 8. The van der Waals surface area contributed by atoms with Gasteiger partial charge < -0.3 is 5.32 Å². The number of carbonyl (C=O) groups excluding carboxylic acids is 1. The molecule has 0 radical (unpaired) electrons. The molecule has 0 bridgehead atoms. The third kappa shape index (κ3) is 4.48. The highest BCUT2D eigenvalue weighted by atomic mass is 16.6. The molecule has 0 atom stereocenters. The molecular weight excluding hydrogens is 414 g/mol. The standard InChI is InChI=1S/C20H19N9O3/c1-12-8-13(2)23-20(22-12)28-17(9-14(3)25-28)24-18(30)10-27-11-21-19(26-27)15-4-6-16(7-5-15)29(31)32/h4-9,11H,10H2,1-3H3,(H,24,30). The molecule has 4 aromatic rings. The Kier molecular flexibility index (Phi) is 5.41. The number of hydrogen-bond donors (Lipinski definition) is 1. The van der Waals surface area contributed by atoms with Gasteiger partial charge in [0, 0.05) is 35.2 Å². The van der Waals surface area contributed by atoms with Gasteiger partial charge in [0.2, 0.25) is 5.91 Å². The lowest BCUT2D eigenvalue weighted by Crippen LogP contribution is -2.21. The molecule has 1 aromatic carbocycles. The lowest BCUT2D eigenvalue weighted by Gasteiger charge is -2.08. The van der Waals surface area contributed by atoms with Gasteiger partial charge in [0.25, 0.3) is 11.6 Å². The number of nitro groups is 1. The van der Waals surface area contributed by atoms with E-state index in [1.807, 2.05) is 26.8 Å². The predicted octanol–water partition coefficient (Wildman–Crippen LogP) is 2.39. The third-order valence-corrected chi connectivity index (χ3v) is 4.44. The first kappa shape index (κ1) is 20.8. The summed E-state index contributed by atoms with van der Waals surface area (Å²) in [6, 6.07) is 9.45. The number of rotatable bonds is 6. The average molecular weight is 433 g/mol. The van der Waals surface area contributed by atoms with Gasteiger partial charge in [-0.1, -0.05) is 0 Å². The Hall–Kier alpha value is -4.48. The number of anilines is 1. The second-order valence-electron chi connectivity index (χ2n) is 7.15. The number of carbonyl (C=O) groups is 1. The molecular formula is C20H19N9O3. The number of nitro benzene ring substituents is 1. The van der Waals surface area contributed by atoms with E-state index in [2.05, 4.69) is 30.5 Å². The first-order chi connectivity index (χ1) is 15.3. The molecule has 3 heterocycles. The Morgan fingerprint density at radius 1 is 1.03 bits per heavy atom. The van der Waals surface area contributed by atoms with Crippen LogP contribution in [0.2, 0.25) is 0 Å². The quantitative estimate of drug-likeness (QED) is 0.360. The van der Waals surface area contributed by atoms with Gasteiger partial charge in [-0.2, -0.15) is 14.9 Å². The molecule has 32 heavy (non-hydrogen) atoms. The number of aryl methyl sites for hydroxylation is 3. The summed E-state index contributed by atoms with van der Waals surface area (Å²) in [6.07, 6.45) is 1.42. The van der Waals surface area contributed by atoms with Gasteiger partial charge in [0.1, 0.15) is 18.7 Å². The van der Waals surface area contributed by atoms with Crippen LogP contribution in [0.25, 0.3) is 17.3 Å². The van der Waals surface area contributed by atoms with E-state index >= 15 is 0 Å². The number of benzene rings is 1. The molecule has 0 saturated carbocycles. The Balaban J connectivity index is 1.49. The van der Waals surface area contributed by atoms with Crippen LogP contribution in [0.1, 0.15) is 17.1 Å². The maximum absolute atomic E-state index is 12.6. The van der Waals surface area contributed by atoms with Gasteiger partial charge >= 0.3 is 0 Å². The SMILES string of the molecule is Cc1cc(C)nc(-n2nc(C)cc2NC(=O)Cn2cnc(-c3ccc([N+](=O)[O-])cc3)n2)n1. The van der Waals surface area contributed by atoms with Crippen molar-refractivity contribution in [1.82, 2.24) is 34.5 Å². The molecule has 4 rings (SSSR count). The molecule has 0 aliphatic rings. The van der Waals surface area contributed by atoms with Gasteiger partial charge in [-0.05, 0) is 39.0 Å². The Morgan fingerprint density at radius 2 is 1.72 bits per heavy atom. The summed E-state index contributed by atoms with van der Waals surface area (Å²) >= 11 is 0. The van der Waals surface area contributed by atoms with Crippen LogP contribution in [0.3, 0.4) is 0 Å². The third-order valence-electron chi connectivity index (χ3n) is 4.44. The highest BCUT2D eigenvalue weighted by molar-refractivity contribution is 5.89. The Labute approximate surface area is 182 Å². The molecule has 12 heteroatoms. The number of aromatic nitrogens is 7.